The van der Waals surface area contributed by atoms with Crippen LogP contribution in [0.15, 0.2) is 34.9 Å². The number of furan rings is 1. The Morgan fingerprint density at radius 1 is 1.08 bits per heavy atom. The Bertz CT molecular complexity index is 717. The molecule has 0 aliphatic rings. The van der Waals surface area contributed by atoms with Gasteiger partial charge >= 0.3 is 11.9 Å². The lowest BCUT2D eigenvalue weighted by molar-refractivity contribution is 0.0453. The van der Waals surface area contributed by atoms with Crippen LogP contribution in [-0.4, -0.2) is 32.8 Å². The topological polar surface area (TPSA) is 84.2 Å². The van der Waals surface area contributed by atoms with Gasteiger partial charge in [-0.25, -0.2) is 9.59 Å². The summed E-state index contributed by atoms with van der Waals surface area (Å²) < 4.78 is 25.4. The van der Waals surface area contributed by atoms with E-state index in [1.807, 2.05) is 6.92 Å². The first-order valence-corrected chi connectivity index (χ1v) is 7.23. The molecule has 24 heavy (non-hydrogen) atoms. The third kappa shape index (κ3) is 3.87. The Morgan fingerprint density at radius 3 is 2.54 bits per heavy atom. The van der Waals surface area contributed by atoms with Crippen LogP contribution >= 0.6 is 0 Å². The van der Waals surface area contributed by atoms with Gasteiger partial charge < -0.3 is 23.4 Å². The molecule has 0 unspecified atom stereocenters. The van der Waals surface area contributed by atoms with Gasteiger partial charge in [0.25, 0.3) is 0 Å². The number of ether oxygens (including phenoxy) is 4. The van der Waals surface area contributed by atoms with E-state index in [2.05, 4.69) is 4.74 Å². The van der Waals surface area contributed by atoms with E-state index >= 15 is 0 Å². The van der Waals surface area contributed by atoms with Crippen molar-refractivity contribution in [2.24, 2.45) is 0 Å². The summed E-state index contributed by atoms with van der Waals surface area (Å²) >= 11 is 0. The van der Waals surface area contributed by atoms with Gasteiger partial charge in [-0.15, -0.1) is 0 Å². The van der Waals surface area contributed by atoms with Crippen molar-refractivity contribution in [3.05, 3.63) is 47.4 Å². The second-order valence-electron chi connectivity index (χ2n) is 4.64. The molecule has 7 nitrogen and oxygen atoms in total. The standard InChI is InChI=1S/C17H18O7/c1-4-22-14-9-11(5-6-13(14)20-2)16(18)24-10-12-7-8-23-15(12)17(19)21-3/h5-9H,4,10H2,1-3H3. The number of rotatable bonds is 7. The van der Waals surface area contributed by atoms with Crippen molar-refractivity contribution in [2.75, 3.05) is 20.8 Å². The van der Waals surface area contributed by atoms with Crippen molar-refractivity contribution in [3.63, 3.8) is 0 Å². The minimum absolute atomic E-state index is 0.00929. The first-order chi connectivity index (χ1) is 11.6. The van der Waals surface area contributed by atoms with Gasteiger partial charge in [-0.2, -0.15) is 0 Å². The fraction of sp³-hybridized carbons (Fsp3) is 0.294. The molecule has 2 rings (SSSR count). The zero-order valence-electron chi connectivity index (χ0n) is 13.7. The SMILES string of the molecule is CCOc1cc(C(=O)OCc2ccoc2C(=O)OC)ccc1OC. The molecule has 0 fully saturated rings. The lowest BCUT2D eigenvalue weighted by Crippen LogP contribution is -2.09. The molecule has 0 aliphatic carbocycles. The van der Waals surface area contributed by atoms with Gasteiger partial charge in [-0.05, 0) is 31.2 Å². The Kier molecular flexibility index (Phi) is 5.83. The summed E-state index contributed by atoms with van der Waals surface area (Å²) in [7, 11) is 2.76. The molecule has 7 heteroatoms. The molecule has 128 valence electrons. The molecule has 0 N–H and O–H groups in total. The Labute approximate surface area is 139 Å². The summed E-state index contributed by atoms with van der Waals surface area (Å²) in [6, 6.07) is 6.28. The van der Waals surface area contributed by atoms with Crippen LogP contribution in [0.4, 0.5) is 0 Å². The highest BCUT2D eigenvalue weighted by atomic mass is 16.5. The van der Waals surface area contributed by atoms with Gasteiger partial charge in [-0.3, -0.25) is 0 Å². The fourth-order valence-electron chi connectivity index (χ4n) is 2.02. The van der Waals surface area contributed by atoms with Crippen LogP contribution in [0, 0.1) is 0 Å². The van der Waals surface area contributed by atoms with E-state index in [0.717, 1.165) is 0 Å². The predicted molar refractivity (Wildman–Crippen MR) is 83.3 cm³/mol. The van der Waals surface area contributed by atoms with Gasteiger partial charge in [0.05, 0.1) is 32.7 Å². The molecule has 0 saturated carbocycles. The molecule has 0 bridgehead atoms. The van der Waals surface area contributed by atoms with Crippen LogP contribution in [-0.2, 0) is 16.1 Å². The lowest BCUT2D eigenvalue weighted by atomic mass is 10.2. The summed E-state index contributed by atoms with van der Waals surface area (Å²) in [5, 5.41) is 0. The minimum Gasteiger partial charge on any atom is -0.493 e. The minimum atomic E-state index is -0.630. The molecule has 0 atom stereocenters. The second kappa shape index (κ2) is 8.05. The first-order valence-electron chi connectivity index (χ1n) is 7.23. The molecule has 0 spiro atoms. The van der Waals surface area contributed by atoms with Crippen LogP contribution in [0.5, 0.6) is 11.5 Å². The largest absolute Gasteiger partial charge is 0.493 e. The summed E-state index contributed by atoms with van der Waals surface area (Å²) in [6.45, 7) is 2.15. The van der Waals surface area contributed by atoms with E-state index in [1.165, 1.54) is 20.5 Å². The van der Waals surface area contributed by atoms with Gasteiger partial charge in [0.2, 0.25) is 5.76 Å². The van der Waals surface area contributed by atoms with Gasteiger partial charge in [0.15, 0.2) is 11.5 Å². The molecule has 1 aromatic heterocycles. The van der Waals surface area contributed by atoms with Crippen molar-refractivity contribution >= 4 is 11.9 Å². The second-order valence-corrected chi connectivity index (χ2v) is 4.64. The van der Waals surface area contributed by atoms with Crippen LogP contribution in [0.1, 0.15) is 33.4 Å². The lowest BCUT2D eigenvalue weighted by Gasteiger charge is -2.11. The van der Waals surface area contributed by atoms with E-state index in [0.29, 0.717) is 29.2 Å². The van der Waals surface area contributed by atoms with Crippen molar-refractivity contribution in [3.8, 4) is 11.5 Å². The maximum atomic E-state index is 12.2. The molecule has 1 heterocycles. The average Bonchev–Trinajstić information content (AvgIpc) is 3.07. The van der Waals surface area contributed by atoms with E-state index < -0.39 is 11.9 Å². The van der Waals surface area contributed by atoms with Crippen molar-refractivity contribution < 1.29 is 33.0 Å². The highest BCUT2D eigenvalue weighted by Gasteiger charge is 2.18. The average molecular weight is 334 g/mol. The maximum absolute atomic E-state index is 12.2. The summed E-state index contributed by atoms with van der Waals surface area (Å²) in [6.07, 6.45) is 1.33. The Balaban J connectivity index is 2.09. The van der Waals surface area contributed by atoms with E-state index in [-0.39, 0.29) is 12.4 Å². The summed E-state index contributed by atoms with van der Waals surface area (Å²) in [5.74, 6) is -0.205. The molecule has 1 aromatic carbocycles. The molecule has 2 aromatic rings. The van der Waals surface area contributed by atoms with Crippen LogP contribution in [0.3, 0.4) is 0 Å². The van der Waals surface area contributed by atoms with Crippen LogP contribution in [0.25, 0.3) is 0 Å². The molecule has 0 aliphatic heterocycles. The Morgan fingerprint density at radius 2 is 1.88 bits per heavy atom. The zero-order valence-corrected chi connectivity index (χ0v) is 13.7. The first kappa shape index (κ1) is 17.4. The Hall–Kier alpha value is -2.96. The molecule has 0 radical (unpaired) electrons. The molecular formula is C17H18O7. The number of hydrogen-bond acceptors (Lipinski definition) is 7. The zero-order chi connectivity index (χ0) is 17.5. The van der Waals surface area contributed by atoms with E-state index in [4.69, 9.17) is 18.6 Å². The highest BCUT2D eigenvalue weighted by Crippen LogP contribution is 2.28. The van der Waals surface area contributed by atoms with Gasteiger partial charge in [0.1, 0.15) is 6.61 Å². The highest BCUT2D eigenvalue weighted by molar-refractivity contribution is 5.91. The number of esters is 2. The third-order valence-electron chi connectivity index (χ3n) is 3.18. The van der Waals surface area contributed by atoms with Crippen molar-refractivity contribution in [1.29, 1.82) is 0 Å². The number of carbonyl (C=O) groups excluding carboxylic acids is 2. The molecule has 0 saturated heterocycles. The van der Waals surface area contributed by atoms with Gasteiger partial charge in [0, 0.05) is 5.56 Å². The quantitative estimate of drug-likeness (QED) is 0.720. The smallest absolute Gasteiger partial charge is 0.374 e. The molecule has 0 amide bonds. The normalized spacial score (nSPS) is 10.1. The third-order valence-corrected chi connectivity index (χ3v) is 3.18. The summed E-state index contributed by atoms with van der Waals surface area (Å²) in [5.41, 5.74) is 0.733. The van der Waals surface area contributed by atoms with Gasteiger partial charge in [-0.1, -0.05) is 0 Å². The van der Waals surface area contributed by atoms with Crippen LogP contribution in [0.2, 0.25) is 0 Å². The number of carbonyl (C=O) groups is 2. The maximum Gasteiger partial charge on any atom is 0.374 e. The fourth-order valence-corrected chi connectivity index (χ4v) is 2.02. The number of hydrogen-bond donors (Lipinski definition) is 0. The number of benzene rings is 1. The monoisotopic (exact) mass is 334 g/mol. The number of methoxy groups -OCH3 is 2. The van der Waals surface area contributed by atoms with Crippen molar-refractivity contribution in [2.45, 2.75) is 13.5 Å². The van der Waals surface area contributed by atoms with Crippen LogP contribution < -0.4 is 9.47 Å². The molecular weight excluding hydrogens is 316 g/mol. The van der Waals surface area contributed by atoms with E-state index in [1.54, 1.807) is 24.3 Å². The van der Waals surface area contributed by atoms with Crippen molar-refractivity contribution in [1.82, 2.24) is 0 Å². The predicted octanol–water partition coefficient (Wildman–Crippen LogP) is 2.83. The van der Waals surface area contributed by atoms with E-state index in [9.17, 15) is 9.59 Å². The summed E-state index contributed by atoms with van der Waals surface area (Å²) in [4.78, 5) is 23.7.